The maximum absolute atomic E-state index is 13.4. The van der Waals surface area contributed by atoms with Gasteiger partial charge in [-0.05, 0) is 30.2 Å². The van der Waals surface area contributed by atoms with Crippen molar-refractivity contribution in [1.29, 1.82) is 0 Å². The number of nitrogens with one attached hydrogen (secondary N) is 1. The quantitative estimate of drug-likeness (QED) is 0.800. The van der Waals surface area contributed by atoms with Crippen molar-refractivity contribution in [2.45, 2.75) is 13.8 Å². The third-order valence-corrected chi connectivity index (χ3v) is 3.46. The van der Waals surface area contributed by atoms with Crippen molar-refractivity contribution in [3.8, 4) is 11.4 Å². The number of hydrogen-bond donors (Lipinski definition) is 1. The average Bonchev–Trinajstić information content (AvgIpc) is 2.94. The lowest BCUT2D eigenvalue weighted by Gasteiger charge is -2.08. The number of amides is 1. The molecule has 3 rings (SSSR count). The van der Waals surface area contributed by atoms with E-state index in [9.17, 15) is 13.6 Å². The van der Waals surface area contributed by atoms with E-state index in [1.165, 1.54) is 12.1 Å². The molecule has 0 bridgehead atoms. The van der Waals surface area contributed by atoms with Crippen LogP contribution in [0.25, 0.3) is 17.0 Å². The first kappa shape index (κ1) is 16.0. The number of fused-ring (bicyclic) bond motifs is 1. The Labute approximate surface area is 137 Å². The van der Waals surface area contributed by atoms with Gasteiger partial charge in [-0.15, -0.1) is 10.2 Å². The third kappa shape index (κ3) is 3.24. The Kier molecular flexibility index (Phi) is 4.24. The Morgan fingerprint density at radius 2 is 1.88 bits per heavy atom. The van der Waals surface area contributed by atoms with Crippen molar-refractivity contribution in [3.63, 3.8) is 0 Å². The van der Waals surface area contributed by atoms with Gasteiger partial charge in [0.25, 0.3) is 5.91 Å². The average molecular weight is 330 g/mol. The molecule has 0 saturated carbocycles. The van der Waals surface area contributed by atoms with E-state index in [1.807, 2.05) is 13.8 Å². The van der Waals surface area contributed by atoms with Crippen molar-refractivity contribution in [1.82, 2.24) is 19.9 Å². The molecule has 24 heavy (non-hydrogen) atoms. The normalized spacial score (nSPS) is 11.2. The fourth-order valence-electron chi connectivity index (χ4n) is 2.31. The molecule has 0 aliphatic carbocycles. The van der Waals surface area contributed by atoms with Crippen LogP contribution in [-0.4, -0.2) is 27.0 Å². The molecule has 0 aliphatic rings. The summed E-state index contributed by atoms with van der Waals surface area (Å²) in [5.74, 6) is -0.928. The monoisotopic (exact) mass is 330 g/mol. The van der Waals surface area contributed by atoms with E-state index in [0.29, 0.717) is 29.5 Å². The van der Waals surface area contributed by atoms with Crippen molar-refractivity contribution in [2.24, 2.45) is 5.92 Å². The largest absolute Gasteiger partial charge is 0.352 e. The van der Waals surface area contributed by atoms with Gasteiger partial charge in [-0.25, -0.2) is 8.78 Å². The molecule has 5 nitrogen and oxygen atoms in total. The lowest BCUT2D eigenvalue weighted by Crippen LogP contribution is -2.27. The van der Waals surface area contributed by atoms with E-state index in [0.717, 1.165) is 6.07 Å². The van der Waals surface area contributed by atoms with Gasteiger partial charge < -0.3 is 5.32 Å². The fourth-order valence-corrected chi connectivity index (χ4v) is 2.31. The van der Waals surface area contributed by atoms with Crippen molar-refractivity contribution >= 4 is 11.6 Å². The number of aromatic nitrogens is 3. The molecule has 124 valence electrons. The molecule has 0 unspecified atom stereocenters. The van der Waals surface area contributed by atoms with Gasteiger partial charge in [-0.3, -0.25) is 9.20 Å². The molecule has 1 N–H and O–H groups in total. The Morgan fingerprint density at radius 1 is 1.17 bits per heavy atom. The van der Waals surface area contributed by atoms with E-state index in [1.54, 1.807) is 22.7 Å². The minimum Gasteiger partial charge on any atom is -0.352 e. The summed E-state index contributed by atoms with van der Waals surface area (Å²) in [6, 6.07) is 6.36. The number of halogens is 2. The number of carbonyl (C=O) groups is 1. The molecule has 0 fully saturated rings. The number of carbonyl (C=O) groups excluding carboxylic acids is 1. The molecule has 0 atom stereocenters. The second kappa shape index (κ2) is 6.35. The van der Waals surface area contributed by atoms with Crippen LogP contribution < -0.4 is 5.32 Å². The highest BCUT2D eigenvalue weighted by Gasteiger charge is 2.13. The predicted octanol–water partition coefficient (Wildman–Crippen LogP) is 3.06. The molecule has 0 radical (unpaired) electrons. The number of hydrogen-bond acceptors (Lipinski definition) is 3. The van der Waals surface area contributed by atoms with Crippen LogP contribution in [0, 0.1) is 17.6 Å². The first-order chi connectivity index (χ1) is 11.4. The molecule has 0 spiro atoms. The minimum atomic E-state index is -0.688. The molecule has 1 amide bonds. The summed E-state index contributed by atoms with van der Waals surface area (Å²) in [6.07, 6.45) is 1.61. The number of pyridine rings is 1. The summed E-state index contributed by atoms with van der Waals surface area (Å²) >= 11 is 0. The van der Waals surface area contributed by atoms with Crippen LogP contribution in [0.3, 0.4) is 0 Å². The van der Waals surface area contributed by atoms with E-state index < -0.39 is 11.6 Å². The van der Waals surface area contributed by atoms with Crippen molar-refractivity contribution < 1.29 is 13.6 Å². The second-order valence-corrected chi connectivity index (χ2v) is 5.93. The number of nitrogens with zero attached hydrogens (tertiary/aromatic N) is 3. The molecular weight excluding hydrogens is 314 g/mol. The lowest BCUT2D eigenvalue weighted by atomic mass is 10.2. The van der Waals surface area contributed by atoms with Gasteiger partial charge >= 0.3 is 0 Å². The van der Waals surface area contributed by atoms with Gasteiger partial charge in [0.1, 0.15) is 11.6 Å². The van der Waals surface area contributed by atoms with Crippen LogP contribution in [-0.2, 0) is 0 Å². The van der Waals surface area contributed by atoms with Crippen LogP contribution in [0.4, 0.5) is 8.78 Å². The molecular formula is C17H16F2N4O. The highest BCUT2D eigenvalue weighted by Crippen LogP contribution is 2.21. The first-order valence-corrected chi connectivity index (χ1v) is 7.53. The van der Waals surface area contributed by atoms with E-state index in [4.69, 9.17) is 0 Å². The van der Waals surface area contributed by atoms with Gasteiger partial charge in [0.05, 0.1) is 0 Å². The Hall–Kier alpha value is -2.83. The van der Waals surface area contributed by atoms with Crippen molar-refractivity contribution in [3.05, 3.63) is 53.7 Å². The summed E-state index contributed by atoms with van der Waals surface area (Å²) in [4.78, 5) is 12.1. The summed E-state index contributed by atoms with van der Waals surface area (Å²) in [5.41, 5.74) is 1.15. The third-order valence-electron chi connectivity index (χ3n) is 3.46. The van der Waals surface area contributed by atoms with Gasteiger partial charge in [-0.1, -0.05) is 13.8 Å². The fraction of sp³-hybridized carbons (Fsp3) is 0.235. The summed E-state index contributed by atoms with van der Waals surface area (Å²) < 4.78 is 28.4. The topological polar surface area (TPSA) is 59.3 Å². The van der Waals surface area contributed by atoms with E-state index in [2.05, 4.69) is 15.5 Å². The van der Waals surface area contributed by atoms with E-state index >= 15 is 0 Å². The zero-order chi connectivity index (χ0) is 17.3. The van der Waals surface area contributed by atoms with E-state index in [-0.39, 0.29) is 11.5 Å². The highest BCUT2D eigenvalue weighted by atomic mass is 19.1. The minimum absolute atomic E-state index is 0.201. The van der Waals surface area contributed by atoms with Crippen LogP contribution in [0.5, 0.6) is 0 Å². The first-order valence-electron chi connectivity index (χ1n) is 7.53. The van der Waals surface area contributed by atoms with Crippen molar-refractivity contribution in [2.75, 3.05) is 6.54 Å². The van der Waals surface area contributed by atoms with Gasteiger partial charge in [0.2, 0.25) is 0 Å². The molecule has 3 aromatic rings. The molecule has 7 heteroatoms. The zero-order valence-electron chi connectivity index (χ0n) is 13.3. The maximum atomic E-state index is 13.4. The summed E-state index contributed by atoms with van der Waals surface area (Å²) in [5, 5.41) is 10.8. The smallest absolute Gasteiger partial charge is 0.251 e. The number of rotatable bonds is 4. The zero-order valence-corrected chi connectivity index (χ0v) is 13.3. The summed E-state index contributed by atoms with van der Waals surface area (Å²) in [6.45, 7) is 4.59. The SMILES string of the molecule is CC(C)CNC(=O)c1ccn2c(-c3cc(F)cc(F)c3)nnc2c1. The Bertz CT molecular complexity index is 884. The molecule has 0 saturated heterocycles. The Morgan fingerprint density at radius 3 is 2.54 bits per heavy atom. The standard InChI is InChI=1S/C17H16F2N4O/c1-10(2)9-20-17(24)11-3-4-23-15(7-11)21-22-16(23)12-5-13(18)8-14(19)6-12/h3-8,10H,9H2,1-2H3,(H,20,24). The lowest BCUT2D eigenvalue weighted by molar-refractivity contribution is 0.0949. The van der Waals surface area contributed by atoms with Crippen LogP contribution in [0.2, 0.25) is 0 Å². The highest BCUT2D eigenvalue weighted by molar-refractivity contribution is 5.95. The van der Waals surface area contributed by atoms with Crippen LogP contribution >= 0.6 is 0 Å². The Balaban J connectivity index is 1.95. The maximum Gasteiger partial charge on any atom is 0.251 e. The molecule has 2 heterocycles. The number of benzene rings is 1. The van der Waals surface area contributed by atoms with Crippen LogP contribution in [0.15, 0.2) is 36.5 Å². The van der Waals surface area contributed by atoms with Gasteiger partial charge in [0.15, 0.2) is 11.5 Å². The second-order valence-electron chi connectivity index (χ2n) is 5.93. The van der Waals surface area contributed by atoms with Gasteiger partial charge in [-0.2, -0.15) is 0 Å². The molecule has 2 aromatic heterocycles. The molecule has 1 aromatic carbocycles. The summed E-state index contributed by atoms with van der Waals surface area (Å²) in [7, 11) is 0. The predicted molar refractivity (Wildman–Crippen MR) is 85.5 cm³/mol. The van der Waals surface area contributed by atoms with Crippen LogP contribution in [0.1, 0.15) is 24.2 Å². The molecule has 0 aliphatic heterocycles. The van der Waals surface area contributed by atoms with Gasteiger partial charge in [0, 0.05) is 29.9 Å².